The maximum atomic E-state index is 12.9. The first kappa shape index (κ1) is 16.3. The monoisotopic (exact) mass is 346 g/mol. The van der Waals surface area contributed by atoms with Gasteiger partial charge in [0.25, 0.3) is 10.0 Å². The van der Waals surface area contributed by atoms with E-state index in [1.807, 2.05) is 26.8 Å². The van der Waals surface area contributed by atoms with Crippen LogP contribution in [0.4, 0.5) is 5.69 Å². The molecular formula is C16H18N4O3S. The number of benzene rings is 2. The van der Waals surface area contributed by atoms with Crippen molar-refractivity contribution in [2.75, 3.05) is 4.72 Å². The molecule has 0 fully saturated rings. The van der Waals surface area contributed by atoms with Crippen molar-refractivity contribution in [2.24, 2.45) is 0 Å². The van der Waals surface area contributed by atoms with Crippen LogP contribution in [0.1, 0.15) is 19.4 Å². The van der Waals surface area contributed by atoms with Crippen molar-refractivity contribution in [1.82, 2.24) is 15.4 Å². The van der Waals surface area contributed by atoms with Gasteiger partial charge in [0.1, 0.15) is 21.7 Å². The summed E-state index contributed by atoms with van der Waals surface area (Å²) in [6, 6.07) is 10.2. The van der Waals surface area contributed by atoms with Crippen molar-refractivity contribution in [3.8, 4) is 5.75 Å². The molecule has 1 aromatic heterocycles. The van der Waals surface area contributed by atoms with E-state index in [9.17, 15) is 8.42 Å². The fourth-order valence-electron chi connectivity index (χ4n) is 2.33. The number of rotatable bonds is 5. The molecule has 7 nitrogen and oxygen atoms in total. The number of hydrogen-bond acceptors (Lipinski definition) is 5. The van der Waals surface area contributed by atoms with Crippen LogP contribution in [-0.2, 0) is 10.0 Å². The fourth-order valence-corrected chi connectivity index (χ4v) is 3.61. The minimum absolute atomic E-state index is 0.0942. The van der Waals surface area contributed by atoms with Crippen LogP contribution in [-0.4, -0.2) is 29.9 Å². The molecule has 24 heavy (non-hydrogen) atoms. The van der Waals surface area contributed by atoms with Gasteiger partial charge in [-0.1, -0.05) is 12.1 Å². The summed E-state index contributed by atoms with van der Waals surface area (Å²) in [6.07, 6.45) is -0.138. The fraction of sp³-hybridized carbons (Fsp3) is 0.250. The number of ether oxygens (including phenoxy) is 1. The summed E-state index contributed by atoms with van der Waals surface area (Å²) in [5, 5.41) is 10.4. The molecule has 0 aliphatic rings. The Balaban J connectivity index is 2.05. The number of aryl methyl sites for hydroxylation is 1. The number of anilines is 1. The second-order valence-corrected chi connectivity index (χ2v) is 7.37. The SMILES string of the molecule is Cc1ccc(OC(C)C)c(S(=O)(=O)Nc2cccc3n[nH]nc23)c1. The Bertz CT molecular complexity index is 980. The van der Waals surface area contributed by atoms with E-state index in [2.05, 4.69) is 20.1 Å². The van der Waals surface area contributed by atoms with Gasteiger partial charge < -0.3 is 4.74 Å². The summed E-state index contributed by atoms with van der Waals surface area (Å²) in [7, 11) is -3.84. The van der Waals surface area contributed by atoms with Crippen LogP contribution in [0.5, 0.6) is 5.75 Å². The van der Waals surface area contributed by atoms with Crippen molar-refractivity contribution in [3.05, 3.63) is 42.0 Å². The highest BCUT2D eigenvalue weighted by atomic mass is 32.2. The minimum Gasteiger partial charge on any atom is -0.490 e. The van der Waals surface area contributed by atoms with Crippen molar-refractivity contribution in [1.29, 1.82) is 0 Å². The smallest absolute Gasteiger partial charge is 0.265 e. The topological polar surface area (TPSA) is 97.0 Å². The van der Waals surface area contributed by atoms with Gasteiger partial charge >= 0.3 is 0 Å². The van der Waals surface area contributed by atoms with Gasteiger partial charge in [0.15, 0.2) is 0 Å². The number of aromatic amines is 1. The standard InChI is InChI=1S/C16H18N4O3S/c1-10(2)23-14-8-7-11(3)9-15(14)24(21,22)19-13-6-4-5-12-16(13)18-20-17-12/h4-10,19H,1-3H3,(H,17,18,20). The molecule has 0 saturated heterocycles. The van der Waals surface area contributed by atoms with Gasteiger partial charge in [0.2, 0.25) is 0 Å². The third-order valence-corrected chi connectivity index (χ3v) is 4.73. The number of para-hydroxylation sites is 1. The number of aromatic nitrogens is 3. The zero-order chi connectivity index (χ0) is 17.3. The Kier molecular flexibility index (Phi) is 4.15. The Labute approximate surface area is 140 Å². The van der Waals surface area contributed by atoms with Gasteiger partial charge in [-0.3, -0.25) is 4.72 Å². The molecule has 0 radical (unpaired) electrons. The van der Waals surface area contributed by atoms with Gasteiger partial charge in [0, 0.05) is 0 Å². The largest absolute Gasteiger partial charge is 0.490 e. The van der Waals surface area contributed by atoms with E-state index >= 15 is 0 Å². The molecule has 0 aliphatic carbocycles. The first-order valence-corrected chi connectivity index (χ1v) is 8.95. The van der Waals surface area contributed by atoms with Crippen molar-refractivity contribution in [3.63, 3.8) is 0 Å². The molecule has 0 bridgehead atoms. The van der Waals surface area contributed by atoms with E-state index in [-0.39, 0.29) is 11.0 Å². The lowest BCUT2D eigenvalue weighted by Crippen LogP contribution is -2.16. The maximum absolute atomic E-state index is 12.9. The quantitative estimate of drug-likeness (QED) is 0.740. The van der Waals surface area contributed by atoms with E-state index in [0.717, 1.165) is 5.56 Å². The highest BCUT2D eigenvalue weighted by molar-refractivity contribution is 7.92. The molecule has 126 valence electrons. The Morgan fingerprint density at radius 1 is 1.17 bits per heavy atom. The highest BCUT2D eigenvalue weighted by Gasteiger charge is 2.22. The molecule has 1 heterocycles. The second-order valence-electron chi connectivity index (χ2n) is 5.72. The average molecular weight is 346 g/mol. The molecule has 0 amide bonds. The van der Waals surface area contributed by atoms with Gasteiger partial charge in [-0.25, -0.2) is 8.42 Å². The Morgan fingerprint density at radius 2 is 1.96 bits per heavy atom. The lowest BCUT2D eigenvalue weighted by Gasteiger charge is -2.16. The second kappa shape index (κ2) is 6.12. The molecule has 0 spiro atoms. The lowest BCUT2D eigenvalue weighted by molar-refractivity contribution is 0.236. The molecule has 3 rings (SSSR count). The number of nitrogens with zero attached hydrogens (tertiary/aromatic N) is 2. The van der Waals surface area contributed by atoms with Crippen molar-refractivity contribution >= 4 is 26.7 Å². The van der Waals surface area contributed by atoms with Crippen LogP contribution >= 0.6 is 0 Å². The molecule has 2 N–H and O–H groups in total. The minimum atomic E-state index is -3.84. The van der Waals surface area contributed by atoms with Crippen LogP contribution in [0, 0.1) is 6.92 Å². The summed E-state index contributed by atoms with van der Waals surface area (Å²) < 4.78 is 34.0. The number of fused-ring (bicyclic) bond motifs is 1. The lowest BCUT2D eigenvalue weighted by atomic mass is 10.2. The van der Waals surface area contributed by atoms with E-state index in [1.54, 1.807) is 30.3 Å². The molecule has 0 atom stereocenters. The molecular weight excluding hydrogens is 328 g/mol. The zero-order valence-corrected chi connectivity index (χ0v) is 14.4. The number of sulfonamides is 1. The molecule has 3 aromatic rings. The van der Waals surface area contributed by atoms with Crippen LogP contribution in [0.25, 0.3) is 11.0 Å². The number of H-pyrrole nitrogens is 1. The third-order valence-electron chi connectivity index (χ3n) is 3.34. The van der Waals surface area contributed by atoms with Gasteiger partial charge in [-0.2, -0.15) is 15.4 Å². The van der Waals surface area contributed by atoms with Crippen molar-refractivity contribution < 1.29 is 13.2 Å². The summed E-state index contributed by atoms with van der Waals surface area (Å²) in [6.45, 7) is 5.52. The molecule has 0 aliphatic heterocycles. The summed E-state index contributed by atoms with van der Waals surface area (Å²) in [5.41, 5.74) is 2.22. The molecule has 8 heteroatoms. The zero-order valence-electron chi connectivity index (χ0n) is 13.6. The summed E-state index contributed by atoms with van der Waals surface area (Å²) in [5.74, 6) is 0.315. The van der Waals surface area contributed by atoms with E-state index in [4.69, 9.17) is 4.74 Å². The molecule has 0 saturated carbocycles. The highest BCUT2D eigenvalue weighted by Crippen LogP contribution is 2.29. The van der Waals surface area contributed by atoms with Gasteiger partial charge in [0.05, 0.1) is 11.8 Å². The predicted octanol–water partition coefficient (Wildman–Crippen LogP) is 2.85. The van der Waals surface area contributed by atoms with Crippen LogP contribution in [0.3, 0.4) is 0 Å². The van der Waals surface area contributed by atoms with Gasteiger partial charge in [-0.05, 0) is 50.6 Å². The van der Waals surface area contributed by atoms with E-state index < -0.39 is 10.0 Å². The van der Waals surface area contributed by atoms with E-state index in [1.165, 1.54) is 0 Å². The first-order chi connectivity index (χ1) is 11.4. The first-order valence-electron chi connectivity index (χ1n) is 7.46. The van der Waals surface area contributed by atoms with Crippen LogP contribution in [0.2, 0.25) is 0 Å². The normalized spacial score (nSPS) is 11.8. The van der Waals surface area contributed by atoms with Gasteiger partial charge in [-0.15, -0.1) is 0 Å². The number of hydrogen-bond donors (Lipinski definition) is 2. The average Bonchev–Trinajstić information content (AvgIpc) is 2.98. The third kappa shape index (κ3) is 3.18. The maximum Gasteiger partial charge on any atom is 0.265 e. The summed E-state index contributed by atoms with van der Waals surface area (Å²) >= 11 is 0. The summed E-state index contributed by atoms with van der Waals surface area (Å²) in [4.78, 5) is 0.0942. The van der Waals surface area contributed by atoms with Crippen LogP contribution < -0.4 is 9.46 Å². The molecule has 0 unspecified atom stereocenters. The Hall–Kier alpha value is -2.61. The van der Waals surface area contributed by atoms with Crippen molar-refractivity contribution in [2.45, 2.75) is 31.8 Å². The molecule has 2 aromatic carbocycles. The predicted molar refractivity (Wildman–Crippen MR) is 91.6 cm³/mol. The number of nitrogens with one attached hydrogen (secondary N) is 2. The van der Waals surface area contributed by atoms with Crippen LogP contribution in [0.15, 0.2) is 41.3 Å². The Morgan fingerprint density at radius 3 is 2.71 bits per heavy atom. The van der Waals surface area contributed by atoms with E-state index in [0.29, 0.717) is 22.5 Å².